The number of nitrogens with one attached hydrogen (secondary N) is 2. The molecule has 5 rings (SSSR count). The molecule has 0 saturated carbocycles. The minimum Gasteiger partial charge on any atom is -0.755 e. The number of methoxy groups -OCH3 is 2. The minimum absolute atomic E-state index is 0.0311. The third-order valence-electron chi connectivity index (χ3n) is 5.96. The number of anilines is 5. The molecule has 0 fully saturated rings. The van der Waals surface area contributed by atoms with E-state index in [2.05, 4.69) is 20.6 Å². The Morgan fingerprint density at radius 3 is 2.17 bits per heavy atom. The van der Waals surface area contributed by atoms with Gasteiger partial charge in [0.05, 0.1) is 47.8 Å². The predicted molar refractivity (Wildman–Crippen MR) is 154 cm³/mol. The van der Waals surface area contributed by atoms with Crippen molar-refractivity contribution in [3.05, 3.63) is 102 Å². The number of carbonyl (C=O) groups excluding carboxylic acids is 1. The number of hydrogen-bond donors (Lipinski definition) is 2. The fraction of sp³-hybridized carbons (Fsp3) is 0.0690. The molecule has 0 bridgehead atoms. The van der Waals surface area contributed by atoms with Crippen molar-refractivity contribution in [3.63, 3.8) is 0 Å². The number of benzene rings is 4. The molecule has 2 N–H and O–H groups in total. The highest BCUT2D eigenvalue weighted by molar-refractivity contribution is 7.81. The Morgan fingerprint density at radius 1 is 0.854 bits per heavy atom. The van der Waals surface area contributed by atoms with Crippen LogP contribution in [0.3, 0.4) is 0 Å². The number of halogens is 1. The van der Waals surface area contributed by atoms with Crippen LogP contribution >= 0.6 is 0 Å². The van der Waals surface area contributed by atoms with Gasteiger partial charge in [0.1, 0.15) is 17.3 Å². The molecule has 0 aliphatic heterocycles. The first-order valence-electron chi connectivity index (χ1n) is 12.2. The average molecular weight is 573 g/mol. The zero-order valence-electron chi connectivity index (χ0n) is 21.8. The highest BCUT2D eigenvalue weighted by Crippen LogP contribution is 2.36. The average Bonchev–Trinajstić information content (AvgIpc) is 2.97. The van der Waals surface area contributed by atoms with E-state index in [4.69, 9.17) is 9.47 Å². The SMILES string of the molecule is COc1cc(Nc2nc3ccccc3nc2N(c2cccc(NC(=O)c3ccccc3F)c2)S(=O)[O-])cc(OC)c1. The van der Waals surface area contributed by atoms with E-state index in [9.17, 15) is 17.9 Å². The fourth-order valence-corrected chi connectivity index (χ4v) is 4.62. The second-order valence-electron chi connectivity index (χ2n) is 8.61. The number of amides is 1. The van der Waals surface area contributed by atoms with E-state index >= 15 is 0 Å². The first kappa shape index (κ1) is 27.5. The van der Waals surface area contributed by atoms with Crippen LogP contribution in [-0.4, -0.2) is 38.9 Å². The highest BCUT2D eigenvalue weighted by atomic mass is 32.2. The number of hydrogen-bond acceptors (Lipinski definition) is 8. The second kappa shape index (κ2) is 12.0. The summed E-state index contributed by atoms with van der Waals surface area (Å²) < 4.78 is 51.2. The smallest absolute Gasteiger partial charge is 0.258 e. The van der Waals surface area contributed by atoms with Gasteiger partial charge in [-0.2, -0.15) is 0 Å². The van der Waals surface area contributed by atoms with Gasteiger partial charge < -0.3 is 24.7 Å². The molecule has 12 heteroatoms. The normalized spacial score (nSPS) is 11.5. The molecule has 4 aromatic carbocycles. The number of nitrogens with zero attached hydrogens (tertiary/aromatic N) is 3. The van der Waals surface area contributed by atoms with Gasteiger partial charge in [-0.05, 0) is 42.5 Å². The number of para-hydroxylation sites is 2. The van der Waals surface area contributed by atoms with Crippen molar-refractivity contribution >= 4 is 56.9 Å². The number of ether oxygens (including phenoxy) is 2. The molecule has 10 nitrogen and oxygen atoms in total. The van der Waals surface area contributed by atoms with Gasteiger partial charge >= 0.3 is 0 Å². The molecule has 5 aromatic rings. The maximum atomic E-state index is 14.1. The Balaban J connectivity index is 1.58. The van der Waals surface area contributed by atoms with Crippen LogP contribution in [0.5, 0.6) is 11.5 Å². The van der Waals surface area contributed by atoms with Gasteiger partial charge in [-0.3, -0.25) is 13.3 Å². The maximum absolute atomic E-state index is 14.1. The van der Waals surface area contributed by atoms with Crippen molar-refractivity contribution in [1.82, 2.24) is 9.97 Å². The monoisotopic (exact) mass is 572 g/mol. The van der Waals surface area contributed by atoms with Gasteiger partial charge in [0.2, 0.25) is 0 Å². The second-order valence-corrected chi connectivity index (χ2v) is 9.41. The first-order chi connectivity index (χ1) is 19.9. The Morgan fingerprint density at radius 2 is 1.51 bits per heavy atom. The molecule has 1 unspecified atom stereocenters. The zero-order valence-corrected chi connectivity index (χ0v) is 22.6. The van der Waals surface area contributed by atoms with Crippen LogP contribution in [0.2, 0.25) is 0 Å². The van der Waals surface area contributed by atoms with E-state index in [1.807, 2.05) is 0 Å². The van der Waals surface area contributed by atoms with Crippen LogP contribution < -0.4 is 24.4 Å². The van der Waals surface area contributed by atoms with Gasteiger partial charge in [-0.15, -0.1) is 0 Å². The lowest BCUT2D eigenvalue weighted by molar-refractivity contribution is 0.102. The van der Waals surface area contributed by atoms with Gasteiger partial charge in [0.25, 0.3) is 5.91 Å². The van der Waals surface area contributed by atoms with Crippen LogP contribution in [0.4, 0.5) is 33.1 Å². The standard InChI is InChI=1S/C29H24FN5O5S/c1-39-21-15-19(16-22(17-21)40-2)31-27-28(34-26-13-6-5-12-25(26)33-27)35(41(37)38)20-9-7-8-18(14-20)32-29(36)23-10-3-4-11-24(23)30/h3-17H,1-2H3,(H,31,33)(H,32,36)(H,37,38)/p-1. The summed E-state index contributed by atoms with van der Waals surface area (Å²) in [6.07, 6.45) is 0. The van der Waals surface area contributed by atoms with Gasteiger partial charge in [0.15, 0.2) is 11.6 Å². The van der Waals surface area contributed by atoms with Crippen molar-refractivity contribution < 1.29 is 27.4 Å². The summed E-state index contributed by atoms with van der Waals surface area (Å²) in [4.78, 5) is 22.0. The Labute approximate surface area is 237 Å². The summed E-state index contributed by atoms with van der Waals surface area (Å²) in [5, 5.41) is 5.74. The quantitative estimate of drug-likeness (QED) is 0.215. The third kappa shape index (κ3) is 6.08. The van der Waals surface area contributed by atoms with Gasteiger partial charge in [-0.25, -0.2) is 14.4 Å². The summed E-state index contributed by atoms with van der Waals surface area (Å²) in [7, 11) is 3.03. The van der Waals surface area contributed by atoms with Gasteiger partial charge in [0, 0.05) is 29.6 Å². The van der Waals surface area contributed by atoms with Crippen molar-refractivity contribution in [2.45, 2.75) is 0 Å². The largest absolute Gasteiger partial charge is 0.755 e. The molecule has 208 valence electrons. The molecule has 0 aliphatic rings. The minimum atomic E-state index is -2.87. The summed E-state index contributed by atoms with van der Waals surface area (Å²) in [5.41, 5.74) is 1.73. The zero-order chi connectivity index (χ0) is 28.9. The van der Waals surface area contributed by atoms with E-state index in [-0.39, 0.29) is 28.6 Å². The van der Waals surface area contributed by atoms with Crippen molar-refractivity contribution in [3.8, 4) is 11.5 Å². The van der Waals surface area contributed by atoms with E-state index in [0.717, 1.165) is 4.31 Å². The maximum Gasteiger partial charge on any atom is 0.258 e. The molecule has 1 amide bonds. The molecule has 1 heterocycles. The molecule has 1 aromatic heterocycles. The summed E-state index contributed by atoms with van der Waals surface area (Å²) in [5.74, 6) is -0.260. The lowest BCUT2D eigenvalue weighted by atomic mass is 10.2. The topological polar surface area (TPSA) is 129 Å². The lowest BCUT2D eigenvalue weighted by Gasteiger charge is -2.27. The van der Waals surface area contributed by atoms with Crippen LogP contribution in [0.1, 0.15) is 10.4 Å². The van der Waals surface area contributed by atoms with E-state index < -0.39 is 23.0 Å². The Kier molecular flexibility index (Phi) is 8.04. The van der Waals surface area contributed by atoms with Crippen molar-refractivity contribution in [2.24, 2.45) is 0 Å². The number of carbonyl (C=O) groups is 1. The molecule has 41 heavy (non-hydrogen) atoms. The molecule has 1 atom stereocenters. The number of aromatic nitrogens is 2. The summed E-state index contributed by atoms with van der Waals surface area (Å²) >= 11 is -2.87. The van der Waals surface area contributed by atoms with Crippen molar-refractivity contribution in [1.29, 1.82) is 0 Å². The molecular weight excluding hydrogens is 549 g/mol. The van der Waals surface area contributed by atoms with E-state index in [1.54, 1.807) is 60.7 Å². The molecule has 0 aliphatic carbocycles. The van der Waals surface area contributed by atoms with Crippen LogP contribution in [0.25, 0.3) is 11.0 Å². The van der Waals surface area contributed by atoms with E-state index in [1.165, 1.54) is 44.6 Å². The summed E-state index contributed by atoms with van der Waals surface area (Å²) in [6.45, 7) is 0. The van der Waals surface area contributed by atoms with Crippen LogP contribution in [-0.2, 0) is 11.3 Å². The molecular formula is C29H23FN5O5S-. The van der Waals surface area contributed by atoms with Gasteiger partial charge in [-0.1, -0.05) is 30.3 Å². The lowest BCUT2D eigenvalue weighted by Crippen LogP contribution is -2.23. The molecule has 0 radical (unpaired) electrons. The highest BCUT2D eigenvalue weighted by Gasteiger charge is 2.21. The molecule has 0 spiro atoms. The first-order valence-corrected chi connectivity index (χ1v) is 13.2. The fourth-order valence-electron chi connectivity index (χ4n) is 4.07. The van der Waals surface area contributed by atoms with Crippen LogP contribution in [0.15, 0.2) is 91.0 Å². The van der Waals surface area contributed by atoms with E-state index in [0.29, 0.717) is 28.2 Å². The Hall–Kier alpha value is -5.07. The van der Waals surface area contributed by atoms with Crippen molar-refractivity contribution in [2.75, 3.05) is 29.2 Å². The summed E-state index contributed by atoms with van der Waals surface area (Å²) in [6, 6.07) is 23.7. The third-order valence-corrected chi connectivity index (χ3v) is 6.65. The number of rotatable bonds is 9. The Bertz CT molecular complexity index is 1750. The number of fused-ring (bicyclic) bond motifs is 1. The molecule has 0 saturated heterocycles. The predicted octanol–water partition coefficient (Wildman–Crippen LogP) is 5.71. The van der Waals surface area contributed by atoms with Crippen LogP contribution in [0, 0.1) is 5.82 Å².